The number of methoxy groups -OCH3 is 2. The zero-order valence-corrected chi connectivity index (χ0v) is 22.2. The number of carbonyl (C=O) groups excluding carboxylic acids is 2. The van der Waals surface area contributed by atoms with Crippen LogP contribution >= 0.6 is 0 Å². The quantitative estimate of drug-likeness (QED) is 0.412. The molecule has 0 aliphatic heterocycles. The van der Waals surface area contributed by atoms with E-state index in [0.717, 1.165) is 11.1 Å². The Kier molecular flexibility index (Phi) is 9.55. The molecular formula is C30H36N2O5. The summed E-state index contributed by atoms with van der Waals surface area (Å²) >= 11 is 0. The lowest BCUT2D eigenvalue weighted by Crippen LogP contribution is -2.55. The van der Waals surface area contributed by atoms with Crippen molar-refractivity contribution in [2.24, 2.45) is 0 Å². The highest BCUT2D eigenvalue weighted by molar-refractivity contribution is 5.89. The fourth-order valence-corrected chi connectivity index (χ4v) is 3.88. The Morgan fingerprint density at radius 3 is 1.84 bits per heavy atom. The molecule has 0 aliphatic rings. The molecule has 196 valence electrons. The Labute approximate surface area is 219 Å². The third-order valence-electron chi connectivity index (χ3n) is 5.65. The van der Waals surface area contributed by atoms with Gasteiger partial charge in [0.05, 0.1) is 14.2 Å². The normalized spacial score (nSPS) is 11.8. The van der Waals surface area contributed by atoms with Crippen LogP contribution in [-0.4, -0.2) is 49.1 Å². The first-order valence-corrected chi connectivity index (χ1v) is 12.2. The van der Waals surface area contributed by atoms with E-state index in [1.807, 2.05) is 81.4 Å². The molecule has 7 nitrogen and oxygen atoms in total. The van der Waals surface area contributed by atoms with E-state index in [1.165, 1.54) is 0 Å². The second-order valence-electron chi connectivity index (χ2n) is 9.79. The summed E-state index contributed by atoms with van der Waals surface area (Å²) in [4.78, 5) is 28.8. The molecule has 1 unspecified atom stereocenters. The molecule has 0 saturated carbocycles. The molecule has 0 heterocycles. The molecule has 0 saturated heterocycles. The molecule has 1 atom stereocenters. The summed E-state index contributed by atoms with van der Waals surface area (Å²) < 4.78 is 16.5. The van der Waals surface area contributed by atoms with E-state index in [9.17, 15) is 9.59 Å². The Bertz CT molecular complexity index is 1140. The van der Waals surface area contributed by atoms with Gasteiger partial charge in [0, 0.05) is 36.7 Å². The Balaban J connectivity index is 1.92. The average Bonchev–Trinajstić information content (AvgIpc) is 2.89. The van der Waals surface area contributed by atoms with Crippen molar-refractivity contribution >= 4 is 11.8 Å². The maximum absolute atomic E-state index is 13.7. The molecule has 0 bridgehead atoms. The number of hydrogen-bond acceptors (Lipinski definition) is 5. The summed E-state index contributed by atoms with van der Waals surface area (Å²) in [7, 11) is 3.10. The topological polar surface area (TPSA) is 77.1 Å². The van der Waals surface area contributed by atoms with Crippen molar-refractivity contribution in [2.75, 3.05) is 20.8 Å². The molecule has 37 heavy (non-hydrogen) atoms. The van der Waals surface area contributed by atoms with Crippen LogP contribution in [0.3, 0.4) is 0 Å². The van der Waals surface area contributed by atoms with Gasteiger partial charge >= 0.3 is 0 Å². The monoisotopic (exact) mass is 504 g/mol. The summed E-state index contributed by atoms with van der Waals surface area (Å²) in [6.07, 6.45) is 0.369. The second-order valence-corrected chi connectivity index (χ2v) is 9.79. The van der Waals surface area contributed by atoms with Gasteiger partial charge in [0.1, 0.15) is 23.3 Å². The Hall–Kier alpha value is -4.00. The third kappa shape index (κ3) is 8.56. The van der Waals surface area contributed by atoms with Gasteiger partial charge in [0.25, 0.3) is 5.91 Å². The van der Waals surface area contributed by atoms with Crippen molar-refractivity contribution < 1.29 is 23.8 Å². The molecule has 0 radical (unpaired) electrons. The van der Waals surface area contributed by atoms with Crippen LogP contribution in [0.4, 0.5) is 0 Å². The average molecular weight is 505 g/mol. The van der Waals surface area contributed by atoms with Gasteiger partial charge in [-0.2, -0.15) is 0 Å². The minimum atomic E-state index is -0.738. The highest BCUT2D eigenvalue weighted by atomic mass is 16.5. The molecule has 0 spiro atoms. The van der Waals surface area contributed by atoms with Crippen LogP contribution in [0.15, 0.2) is 78.9 Å². The van der Waals surface area contributed by atoms with Crippen molar-refractivity contribution in [3.05, 3.63) is 90.0 Å². The molecular weight excluding hydrogens is 468 g/mol. The van der Waals surface area contributed by atoms with Gasteiger partial charge in [-0.3, -0.25) is 9.59 Å². The smallest absolute Gasteiger partial charge is 0.261 e. The maximum atomic E-state index is 13.7. The van der Waals surface area contributed by atoms with E-state index in [0.29, 0.717) is 23.7 Å². The molecule has 2 amide bonds. The minimum Gasteiger partial charge on any atom is -0.496 e. The number of benzene rings is 3. The van der Waals surface area contributed by atoms with Crippen molar-refractivity contribution in [1.29, 1.82) is 0 Å². The summed E-state index contributed by atoms with van der Waals surface area (Å²) in [5, 5.41) is 3.06. The van der Waals surface area contributed by atoms with E-state index in [2.05, 4.69) is 5.32 Å². The van der Waals surface area contributed by atoms with E-state index < -0.39 is 11.6 Å². The molecule has 3 aromatic rings. The van der Waals surface area contributed by atoms with Gasteiger partial charge in [-0.05, 0) is 31.9 Å². The van der Waals surface area contributed by atoms with Crippen LogP contribution in [0.1, 0.15) is 31.9 Å². The summed E-state index contributed by atoms with van der Waals surface area (Å²) in [6.45, 7) is 5.78. The highest BCUT2D eigenvalue weighted by Gasteiger charge is 2.32. The SMILES string of the molecule is COc1cc(OC)cc(OCC(=O)N(Cc2ccccc2)C(Cc2ccccc2)C(=O)NC(C)(C)C)c1. The first-order valence-electron chi connectivity index (χ1n) is 12.2. The van der Waals surface area contributed by atoms with Crippen molar-refractivity contribution in [1.82, 2.24) is 10.2 Å². The van der Waals surface area contributed by atoms with Gasteiger partial charge in [0.2, 0.25) is 5.91 Å². The molecule has 3 rings (SSSR count). The Morgan fingerprint density at radius 1 is 0.811 bits per heavy atom. The standard InChI is InChI=1S/C30H36N2O5/c1-30(2,3)31-29(34)27(16-22-12-8-6-9-13-22)32(20-23-14-10-7-11-15-23)28(33)21-37-26-18-24(35-4)17-25(19-26)36-5/h6-15,17-19,27H,16,20-21H2,1-5H3,(H,31,34). The van der Waals surface area contributed by atoms with Crippen molar-refractivity contribution in [2.45, 2.75) is 45.3 Å². The van der Waals surface area contributed by atoms with Crippen LogP contribution in [-0.2, 0) is 22.6 Å². The van der Waals surface area contributed by atoms with E-state index >= 15 is 0 Å². The number of ether oxygens (including phenoxy) is 3. The largest absolute Gasteiger partial charge is 0.496 e. The second kappa shape index (κ2) is 12.8. The fourth-order valence-electron chi connectivity index (χ4n) is 3.88. The summed E-state index contributed by atoms with van der Waals surface area (Å²) in [6, 6.07) is 23.7. The van der Waals surface area contributed by atoms with Crippen LogP contribution in [0, 0.1) is 0 Å². The van der Waals surface area contributed by atoms with E-state index in [-0.39, 0.29) is 25.0 Å². The van der Waals surface area contributed by atoms with Crippen molar-refractivity contribution in [3.8, 4) is 17.2 Å². The number of nitrogens with one attached hydrogen (secondary N) is 1. The van der Waals surface area contributed by atoms with Crippen molar-refractivity contribution in [3.63, 3.8) is 0 Å². The van der Waals surface area contributed by atoms with Crippen LogP contribution in [0.5, 0.6) is 17.2 Å². The predicted molar refractivity (Wildman–Crippen MR) is 144 cm³/mol. The van der Waals surface area contributed by atoms with E-state index in [1.54, 1.807) is 37.3 Å². The maximum Gasteiger partial charge on any atom is 0.261 e. The molecule has 7 heteroatoms. The van der Waals surface area contributed by atoms with Gasteiger partial charge in [-0.25, -0.2) is 0 Å². The fraction of sp³-hybridized carbons (Fsp3) is 0.333. The lowest BCUT2D eigenvalue weighted by Gasteiger charge is -2.33. The highest BCUT2D eigenvalue weighted by Crippen LogP contribution is 2.27. The van der Waals surface area contributed by atoms with Gasteiger partial charge in [0.15, 0.2) is 6.61 Å². The third-order valence-corrected chi connectivity index (χ3v) is 5.65. The number of rotatable bonds is 11. The van der Waals surface area contributed by atoms with Crippen LogP contribution in [0.25, 0.3) is 0 Å². The molecule has 1 N–H and O–H groups in total. The predicted octanol–water partition coefficient (Wildman–Crippen LogP) is 4.64. The van der Waals surface area contributed by atoms with Gasteiger partial charge in [-0.1, -0.05) is 60.7 Å². The van der Waals surface area contributed by atoms with Gasteiger partial charge < -0.3 is 24.4 Å². The molecule has 0 aliphatic carbocycles. The molecule has 0 aromatic heterocycles. The lowest BCUT2D eigenvalue weighted by molar-refractivity contribution is -0.143. The number of amides is 2. The minimum absolute atomic E-state index is 0.219. The number of hydrogen-bond donors (Lipinski definition) is 1. The van der Waals surface area contributed by atoms with Gasteiger partial charge in [-0.15, -0.1) is 0 Å². The van der Waals surface area contributed by atoms with E-state index in [4.69, 9.17) is 14.2 Å². The lowest BCUT2D eigenvalue weighted by atomic mass is 10.0. The first kappa shape index (κ1) is 27.6. The zero-order valence-electron chi connectivity index (χ0n) is 22.2. The van der Waals surface area contributed by atoms with Crippen LogP contribution < -0.4 is 19.5 Å². The number of carbonyl (C=O) groups is 2. The summed E-state index contributed by atoms with van der Waals surface area (Å²) in [5.41, 5.74) is 1.42. The first-order chi connectivity index (χ1) is 17.7. The Morgan fingerprint density at radius 2 is 1.32 bits per heavy atom. The molecule has 0 fully saturated rings. The zero-order chi connectivity index (χ0) is 26.8. The summed E-state index contributed by atoms with van der Waals surface area (Å²) in [5.74, 6) is 1.01. The number of nitrogens with zero attached hydrogens (tertiary/aromatic N) is 1. The van der Waals surface area contributed by atoms with Crippen LogP contribution in [0.2, 0.25) is 0 Å². The molecule has 3 aromatic carbocycles.